The Morgan fingerprint density at radius 2 is 1.39 bits per heavy atom. The third-order valence-corrected chi connectivity index (χ3v) is 3.48. The summed E-state index contributed by atoms with van der Waals surface area (Å²) in [6.45, 7) is 1.38. The first kappa shape index (κ1) is 14.8. The summed E-state index contributed by atoms with van der Waals surface area (Å²) in [5.41, 5.74) is 5.58. The van der Waals surface area contributed by atoms with Gasteiger partial charge in [0, 0.05) is 18.6 Å². The summed E-state index contributed by atoms with van der Waals surface area (Å²) in [5.74, 6) is -0.295. The van der Waals surface area contributed by atoms with E-state index in [-0.39, 0.29) is 11.5 Å². The van der Waals surface area contributed by atoms with E-state index in [9.17, 15) is 9.59 Å². The van der Waals surface area contributed by atoms with E-state index in [1.54, 1.807) is 0 Å². The van der Waals surface area contributed by atoms with Gasteiger partial charge in [-0.1, -0.05) is 60.7 Å². The molecule has 23 heavy (non-hydrogen) atoms. The summed E-state index contributed by atoms with van der Waals surface area (Å²) in [4.78, 5) is 23.9. The summed E-state index contributed by atoms with van der Waals surface area (Å²) >= 11 is 0. The Bertz CT molecular complexity index is 884. The van der Waals surface area contributed by atoms with E-state index in [2.05, 4.69) is 5.43 Å². The van der Waals surface area contributed by atoms with Crippen molar-refractivity contribution in [1.82, 2.24) is 4.68 Å². The molecule has 0 spiro atoms. The first-order valence-corrected chi connectivity index (χ1v) is 7.31. The number of hydrogen-bond acceptors (Lipinski definition) is 2. The summed E-state index contributed by atoms with van der Waals surface area (Å²) in [6.07, 6.45) is 0. The van der Waals surface area contributed by atoms with Crippen molar-refractivity contribution in [3.63, 3.8) is 0 Å². The molecule has 114 valence electrons. The molecular formula is C19H16N2O2. The van der Waals surface area contributed by atoms with Crippen LogP contribution in [0.2, 0.25) is 0 Å². The van der Waals surface area contributed by atoms with Crippen LogP contribution in [-0.2, 0) is 4.79 Å². The summed E-state index contributed by atoms with van der Waals surface area (Å²) in [7, 11) is 0. The van der Waals surface area contributed by atoms with Gasteiger partial charge in [0.1, 0.15) is 0 Å². The molecule has 4 heteroatoms. The number of aromatic nitrogens is 1. The maximum atomic E-state index is 12.5. The normalized spacial score (nSPS) is 10.3. The van der Waals surface area contributed by atoms with Gasteiger partial charge in [0.2, 0.25) is 5.91 Å². The molecular weight excluding hydrogens is 288 g/mol. The zero-order valence-electron chi connectivity index (χ0n) is 12.7. The summed E-state index contributed by atoms with van der Waals surface area (Å²) < 4.78 is 1.28. The van der Waals surface area contributed by atoms with Gasteiger partial charge in [-0.2, -0.15) is 0 Å². The molecule has 1 amide bonds. The predicted octanol–water partition coefficient (Wildman–Crippen LogP) is 3.27. The van der Waals surface area contributed by atoms with Crippen LogP contribution in [-0.4, -0.2) is 10.6 Å². The Morgan fingerprint density at radius 3 is 1.96 bits per heavy atom. The standard InChI is InChI=1S/C19H16N2O2/c1-14(22)20-21-18(16-10-6-3-7-11-16)12-17(13-19(21)23)15-8-4-2-5-9-15/h2-13H,1H3,(H,20,22). The molecule has 0 unspecified atom stereocenters. The molecule has 0 aliphatic carbocycles. The van der Waals surface area contributed by atoms with Crippen LogP contribution in [0, 0.1) is 0 Å². The van der Waals surface area contributed by atoms with Gasteiger partial charge in [0.05, 0.1) is 5.69 Å². The topological polar surface area (TPSA) is 51.1 Å². The largest absolute Gasteiger partial charge is 0.274 e. The molecule has 0 radical (unpaired) electrons. The number of rotatable bonds is 3. The molecule has 0 fully saturated rings. The lowest BCUT2D eigenvalue weighted by molar-refractivity contribution is -0.115. The van der Waals surface area contributed by atoms with E-state index in [4.69, 9.17) is 0 Å². The SMILES string of the molecule is CC(=O)Nn1c(-c2ccccc2)cc(-c2ccccc2)cc1=O. The zero-order valence-corrected chi connectivity index (χ0v) is 12.7. The average molecular weight is 304 g/mol. The van der Waals surface area contributed by atoms with E-state index < -0.39 is 0 Å². The van der Waals surface area contributed by atoms with Crippen LogP contribution in [0.1, 0.15) is 6.92 Å². The molecule has 1 N–H and O–H groups in total. The van der Waals surface area contributed by atoms with Gasteiger partial charge in [-0.25, -0.2) is 4.68 Å². The molecule has 4 nitrogen and oxygen atoms in total. The molecule has 1 heterocycles. The van der Waals surface area contributed by atoms with E-state index in [0.29, 0.717) is 5.69 Å². The van der Waals surface area contributed by atoms with Crippen molar-refractivity contribution in [2.75, 3.05) is 5.43 Å². The number of hydrogen-bond donors (Lipinski definition) is 1. The number of amides is 1. The molecule has 3 aromatic rings. The maximum absolute atomic E-state index is 12.5. The van der Waals surface area contributed by atoms with Gasteiger partial charge < -0.3 is 0 Å². The Balaban J connectivity index is 2.23. The minimum Gasteiger partial charge on any atom is -0.274 e. The highest BCUT2D eigenvalue weighted by Gasteiger charge is 2.11. The number of carbonyl (C=O) groups excluding carboxylic acids is 1. The van der Waals surface area contributed by atoms with Crippen LogP contribution in [0.3, 0.4) is 0 Å². The van der Waals surface area contributed by atoms with Crippen LogP contribution in [0.5, 0.6) is 0 Å². The minimum atomic E-state index is -0.295. The maximum Gasteiger partial charge on any atom is 0.270 e. The van der Waals surface area contributed by atoms with Crippen molar-refractivity contribution < 1.29 is 4.79 Å². The fraction of sp³-hybridized carbons (Fsp3) is 0.0526. The van der Waals surface area contributed by atoms with E-state index in [0.717, 1.165) is 16.7 Å². The fourth-order valence-electron chi connectivity index (χ4n) is 2.46. The first-order chi connectivity index (χ1) is 11.1. The lowest BCUT2D eigenvalue weighted by Gasteiger charge is -2.15. The average Bonchev–Trinajstić information content (AvgIpc) is 2.58. The van der Waals surface area contributed by atoms with Crippen LogP contribution in [0.15, 0.2) is 77.6 Å². The predicted molar refractivity (Wildman–Crippen MR) is 91.6 cm³/mol. The van der Waals surface area contributed by atoms with E-state index in [1.807, 2.05) is 66.7 Å². The van der Waals surface area contributed by atoms with Gasteiger partial charge in [0.25, 0.3) is 5.56 Å². The zero-order chi connectivity index (χ0) is 16.2. The second kappa shape index (κ2) is 6.32. The van der Waals surface area contributed by atoms with Gasteiger partial charge in [0.15, 0.2) is 0 Å². The third kappa shape index (κ3) is 3.21. The molecule has 0 atom stereocenters. The highest BCUT2D eigenvalue weighted by atomic mass is 16.2. The Hall–Kier alpha value is -3.14. The Morgan fingerprint density at radius 1 is 0.826 bits per heavy atom. The number of benzene rings is 2. The number of nitrogens with zero attached hydrogens (tertiary/aromatic N) is 1. The molecule has 0 bridgehead atoms. The lowest BCUT2D eigenvalue weighted by Crippen LogP contribution is -2.32. The minimum absolute atomic E-state index is 0.277. The molecule has 0 aliphatic rings. The van der Waals surface area contributed by atoms with Crippen LogP contribution in [0.25, 0.3) is 22.4 Å². The fourth-order valence-corrected chi connectivity index (χ4v) is 2.46. The third-order valence-electron chi connectivity index (χ3n) is 3.48. The number of pyridine rings is 1. The highest BCUT2D eigenvalue weighted by Crippen LogP contribution is 2.24. The molecule has 0 aliphatic heterocycles. The van der Waals surface area contributed by atoms with Crippen LogP contribution >= 0.6 is 0 Å². The summed E-state index contributed by atoms with van der Waals surface area (Å²) in [5, 5.41) is 0. The monoisotopic (exact) mass is 304 g/mol. The van der Waals surface area contributed by atoms with Crippen LogP contribution < -0.4 is 11.0 Å². The number of carbonyl (C=O) groups is 1. The van der Waals surface area contributed by atoms with Crippen molar-refractivity contribution in [3.8, 4) is 22.4 Å². The molecule has 2 aromatic carbocycles. The smallest absolute Gasteiger partial charge is 0.270 e. The van der Waals surface area contributed by atoms with Crippen LogP contribution in [0.4, 0.5) is 0 Å². The molecule has 0 saturated heterocycles. The van der Waals surface area contributed by atoms with Crippen molar-refractivity contribution in [2.24, 2.45) is 0 Å². The first-order valence-electron chi connectivity index (χ1n) is 7.31. The van der Waals surface area contributed by atoms with Crippen molar-refractivity contribution in [3.05, 3.63) is 83.2 Å². The van der Waals surface area contributed by atoms with Gasteiger partial charge in [-0.05, 0) is 17.2 Å². The van der Waals surface area contributed by atoms with Gasteiger partial charge >= 0.3 is 0 Å². The second-order valence-corrected chi connectivity index (χ2v) is 5.20. The lowest BCUT2D eigenvalue weighted by atomic mass is 10.0. The van der Waals surface area contributed by atoms with E-state index >= 15 is 0 Å². The molecule has 1 aromatic heterocycles. The van der Waals surface area contributed by atoms with Crippen molar-refractivity contribution in [2.45, 2.75) is 6.92 Å². The second-order valence-electron chi connectivity index (χ2n) is 5.20. The highest BCUT2D eigenvalue weighted by molar-refractivity contribution is 5.82. The quantitative estimate of drug-likeness (QED) is 0.807. The molecule has 0 saturated carbocycles. The Kier molecular flexibility index (Phi) is 4.06. The molecule has 3 rings (SSSR count). The van der Waals surface area contributed by atoms with Crippen molar-refractivity contribution in [1.29, 1.82) is 0 Å². The van der Waals surface area contributed by atoms with E-state index in [1.165, 1.54) is 17.7 Å². The number of nitrogens with one attached hydrogen (secondary N) is 1. The summed E-state index contributed by atoms with van der Waals surface area (Å²) in [6, 6.07) is 22.6. The Labute approximate surface area is 134 Å². The van der Waals surface area contributed by atoms with Crippen molar-refractivity contribution >= 4 is 5.91 Å². The van der Waals surface area contributed by atoms with Gasteiger partial charge in [-0.15, -0.1) is 0 Å². The van der Waals surface area contributed by atoms with Gasteiger partial charge in [-0.3, -0.25) is 15.0 Å².